The van der Waals surface area contributed by atoms with Crippen LogP contribution >= 0.6 is 11.8 Å². The van der Waals surface area contributed by atoms with Crippen LogP contribution in [-0.2, 0) is 11.3 Å². The molecular formula is C16H22N4O2S. The van der Waals surface area contributed by atoms with Crippen molar-refractivity contribution in [2.75, 3.05) is 5.32 Å². The highest BCUT2D eigenvalue weighted by Gasteiger charge is 2.19. The van der Waals surface area contributed by atoms with Gasteiger partial charge in [0.05, 0.1) is 5.25 Å². The van der Waals surface area contributed by atoms with Gasteiger partial charge in [-0.2, -0.15) is 0 Å². The van der Waals surface area contributed by atoms with Gasteiger partial charge >= 0.3 is 5.69 Å². The molecule has 1 aromatic heterocycles. The van der Waals surface area contributed by atoms with E-state index < -0.39 is 0 Å². The molecule has 1 aromatic carbocycles. The van der Waals surface area contributed by atoms with E-state index in [1.807, 2.05) is 38.1 Å². The minimum Gasteiger partial charge on any atom is -0.325 e. The van der Waals surface area contributed by atoms with Crippen LogP contribution in [0.2, 0.25) is 0 Å². The number of rotatable bonds is 7. The number of para-hydroxylation sites is 1. The number of carbonyl (C=O) groups excluding carboxylic acids is 1. The number of amides is 1. The SMILES string of the molecule is CCCCn1c(SC(C)C(=O)Nc2ccccc2C)n[nH]c1=O. The quantitative estimate of drug-likeness (QED) is 0.763. The first-order valence-corrected chi connectivity index (χ1v) is 8.59. The van der Waals surface area contributed by atoms with Crippen LogP contribution in [0.4, 0.5) is 5.69 Å². The molecule has 2 rings (SSSR count). The fourth-order valence-corrected chi connectivity index (χ4v) is 2.95. The zero-order valence-electron chi connectivity index (χ0n) is 13.6. The first-order chi connectivity index (χ1) is 11.0. The van der Waals surface area contributed by atoms with Crippen molar-refractivity contribution in [3.05, 3.63) is 40.3 Å². The average molecular weight is 334 g/mol. The molecule has 124 valence electrons. The Morgan fingerprint density at radius 1 is 1.43 bits per heavy atom. The summed E-state index contributed by atoms with van der Waals surface area (Å²) in [5.74, 6) is -0.109. The molecule has 1 amide bonds. The Balaban J connectivity index is 2.04. The van der Waals surface area contributed by atoms with Crippen molar-refractivity contribution in [3.8, 4) is 0 Å². The Kier molecular flexibility index (Phi) is 6.04. The summed E-state index contributed by atoms with van der Waals surface area (Å²) in [5.41, 5.74) is 1.58. The molecule has 0 spiro atoms. The van der Waals surface area contributed by atoms with Crippen molar-refractivity contribution in [1.29, 1.82) is 0 Å². The summed E-state index contributed by atoms with van der Waals surface area (Å²) in [5, 5.41) is 9.59. The van der Waals surface area contributed by atoms with E-state index in [1.165, 1.54) is 11.8 Å². The summed E-state index contributed by atoms with van der Waals surface area (Å²) >= 11 is 1.28. The fraction of sp³-hybridized carbons (Fsp3) is 0.438. The summed E-state index contributed by atoms with van der Waals surface area (Å²) in [7, 11) is 0. The molecule has 0 radical (unpaired) electrons. The molecule has 1 atom stereocenters. The van der Waals surface area contributed by atoms with Gasteiger partial charge in [-0.25, -0.2) is 9.89 Å². The molecule has 1 unspecified atom stereocenters. The highest BCUT2D eigenvalue weighted by Crippen LogP contribution is 2.22. The highest BCUT2D eigenvalue weighted by molar-refractivity contribution is 8.00. The molecule has 0 saturated carbocycles. The molecule has 23 heavy (non-hydrogen) atoms. The van der Waals surface area contributed by atoms with E-state index in [0.717, 1.165) is 24.1 Å². The number of unbranched alkanes of at least 4 members (excludes halogenated alkanes) is 1. The van der Waals surface area contributed by atoms with E-state index in [4.69, 9.17) is 0 Å². The number of carbonyl (C=O) groups is 1. The van der Waals surface area contributed by atoms with E-state index in [2.05, 4.69) is 22.4 Å². The van der Waals surface area contributed by atoms with Crippen LogP contribution in [0, 0.1) is 6.92 Å². The predicted octanol–water partition coefficient (Wildman–Crippen LogP) is 2.80. The maximum Gasteiger partial charge on any atom is 0.343 e. The molecule has 0 aliphatic rings. The van der Waals surface area contributed by atoms with Gasteiger partial charge in [0.1, 0.15) is 0 Å². The van der Waals surface area contributed by atoms with Gasteiger partial charge in [0, 0.05) is 12.2 Å². The summed E-state index contributed by atoms with van der Waals surface area (Å²) in [6, 6.07) is 7.63. The topological polar surface area (TPSA) is 79.8 Å². The number of nitrogens with one attached hydrogen (secondary N) is 2. The lowest BCUT2D eigenvalue weighted by atomic mass is 10.2. The molecule has 0 saturated heterocycles. The van der Waals surface area contributed by atoms with Crippen LogP contribution in [0.15, 0.2) is 34.2 Å². The third kappa shape index (κ3) is 4.48. The van der Waals surface area contributed by atoms with Gasteiger partial charge in [0.2, 0.25) is 5.91 Å². The zero-order valence-corrected chi connectivity index (χ0v) is 14.4. The number of hydrogen-bond acceptors (Lipinski definition) is 4. The second kappa shape index (κ2) is 8.01. The zero-order chi connectivity index (χ0) is 16.8. The number of anilines is 1. The minimum absolute atomic E-state index is 0.109. The lowest BCUT2D eigenvalue weighted by molar-refractivity contribution is -0.115. The largest absolute Gasteiger partial charge is 0.343 e. The molecule has 0 bridgehead atoms. The number of H-pyrrole nitrogens is 1. The van der Waals surface area contributed by atoms with Gasteiger partial charge in [-0.3, -0.25) is 9.36 Å². The maximum atomic E-state index is 12.3. The molecule has 2 N–H and O–H groups in total. The van der Waals surface area contributed by atoms with E-state index in [-0.39, 0.29) is 16.8 Å². The van der Waals surface area contributed by atoms with Crippen molar-refractivity contribution in [2.45, 2.75) is 50.6 Å². The second-order valence-corrected chi connectivity index (χ2v) is 6.69. The van der Waals surface area contributed by atoms with Crippen LogP contribution < -0.4 is 11.0 Å². The van der Waals surface area contributed by atoms with Crippen LogP contribution in [0.5, 0.6) is 0 Å². The first-order valence-electron chi connectivity index (χ1n) is 7.71. The van der Waals surface area contributed by atoms with Crippen molar-refractivity contribution < 1.29 is 4.79 Å². The molecule has 6 nitrogen and oxygen atoms in total. The van der Waals surface area contributed by atoms with Crippen molar-refractivity contribution >= 4 is 23.4 Å². The van der Waals surface area contributed by atoms with Crippen LogP contribution in [0.1, 0.15) is 32.3 Å². The lowest BCUT2D eigenvalue weighted by Crippen LogP contribution is -2.24. The summed E-state index contributed by atoms with van der Waals surface area (Å²) < 4.78 is 1.59. The van der Waals surface area contributed by atoms with Gasteiger partial charge in [-0.15, -0.1) is 5.10 Å². The van der Waals surface area contributed by atoms with Crippen LogP contribution in [0.25, 0.3) is 0 Å². The van der Waals surface area contributed by atoms with Crippen LogP contribution in [-0.4, -0.2) is 25.9 Å². The van der Waals surface area contributed by atoms with Gasteiger partial charge in [0.15, 0.2) is 5.16 Å². The summed E-state index contributed by atoms with van der Waals surface area (Å²) in [6.45, 7) is 6.43. The van der Waals surface area contributed by atoms with Gasteiger partial charge in [0.25, 0.3) is 0 Å². The Labute approximate surface area is 139 Å². The lowest BCUT2D eigenvalue weighted by Gasteiger charge is -2.13. The molecular weight excluding hydrogens is 312 g/mol. The fourth-order valence-electron chi connectivity index (χ4n) is 2.07. The van der Waals surface area contributed by atoms with E-state index >= 15 is 0 Å². The minimum atomic E-state index is -0.356. The van der Waals surface area contributed by atoms with E-state index in [9.17, 15) is 9.59 Å². The summed E-state index contributed by atoms with van der Waals surface area (Å²) in [4.78, 5) is 24.1. The standard InChI is InChI=1S/C16H22N4O2S/c1-4-5-10-20-15(22)18-19-16(20)23-12(3)14(21)17-13-9-7-6-8-11(13)2/h6-9,12H,4-5,10H2,1-3H3,(H,17,21)(H,18,22). The third-order valence-corrected chi connectivity index (χ3v) is 4.60. The van der Waals surface area contributed by atoms with Crippen molar-refractivity contribution in [3.63, 3.8) is 0 Å². The number of hydrogen-bond donors (Lipinski definition) is 2. The Morgan fingerprint density at radius 2 is 2.17 bits per heavy atom. The number of aromatic nitrogens is 3. The highest BCUT2D eigenvalue weighted by atomic mass is 32.2. The van der Waals surface area contributed by atoms with Gasteiger partial charge in [-0.05, 0) is 31.9 Å². The molecule has 0 aliphatic carbocycles. The van der Waals surface area contributed by atoms with E-state index in [0.29, 0.717) is 11.7 Å². The van der Waals surface area contributed by atoms with Crippen LogP contribution in [0.3, 0.4) is 0 Å². The Bertz CT molecular complexity index is 723. The van der Waals surface area contributed by atoms with Crippen molar-refractivity contribution in [2.24, 2.45) is 0 Å². The first kappa shape index (κ1) is 17.3. The molecule has 1 heterocycles. The van der Waals surface area contributed by atoms with Gasteiger partial charge < -0.3 is 5.32 Å². The van der Waals surface area contributed by atoms with Gasteiger partial charge in [-0.1, -0.05) is 43.3 Å². The van der Waals surface area contributed by atoms with Crippen molar-refractivity contribution in [1.82, 2.24) is 14.8 Å². The second-order valence-electron chi connectivity index (χ2n) is 5.38. The normalized spacial score (nSPS) is 12.1. The number of thioether (sulfide) groups is 1. The smallest absolute Gasteiger partial charge is 0.325 e. The molecule has 2 aromatic rings. The van der Waals surface area contributed by atoms with E-state index in [1.54, 1.807) is 4.57 Å². The Hall–Kier alpha value is -2.02. The molecule has 0 aliphatic heterocycles. The maximum absolute atomic E-state index is 12.3. The number of benzene rings is 1. The third-order valence-electron chi connectivity index (χ3n) is 3.51. The number of aryl methyl sites for hydroxylation is 1. The Morgan fingerprint density at radius 3 is 2.87 bits per heavy atom. The monoisotopic (exact) mass is 334 g/mol. The average Bonchev–Trinajstić information content (AvgIpc) is 2.87. The number of aromatic amines is 1. The molecule has 7 heteroatoms. The predicted molar refractivity (Wildman–Crippen MR) is 92.9 cm³/mol. The summed E-state index contributed by atoms with van der Waals surface area (Å²) in [6.07, 6.45) is 1.89. The molecule has 0 fully saturated rings. The number of nitrogens with zero attached hydrogens (tertiary/aromatic N) is 2.